The van der Waals surface area contributed by atoms with Gasteiger partial charge < -0.3 is 15.2 Å². The summed E-state index contributed by atoms with van der Waals surface area (Å²) in [4.78, 5) is 28.4. The summed E-state index contributed by atoms with van der Waals surface area (Å²) in [5.74, 6) is 0.361. The Morgan fingerprint density at radius 2 is 1.88 bits per heavy atom. The predicted molar refractivity (Wildman–Crippen MR) is 139 cm³/mol. The maximum atomic E-state index is 12.1. The molecule has 1 amide bonds. The quantitative estimate of drug-likeness (QED) is 0.305. The van der Waals surface area contributed by atoms with Crippen LogP contribution in [0.5, 0.6) is 0 Å². The van der Waals surface area contributed by atoms with E-state index in [2.05, 4.69) is 35.4 Å². The SMILES string of the molecule is CC.Cc1cnc(CN(C=O)c2nc(N)nc(Cl)c2N(C)CCCn2cccc2)c(C)c1Br. The number of pyridine rings is 1. The van der Waals surface area contributed by atoms with Crippen molar-refractivity contribution in [2.24, 2.45) is 0 Å². The number of anilines is 3. The van der Waals surface area contributed by atoms with Gasteiger partial charge in [0.1, 0.15) is 5.69 Å². The first-order chi connectivity index (χ1) is 15.8. The molecule has 0 unspecified atom stereocenters. The van der Waals surface area contributed by atoms with Crippen LogP contribution in [0.25, 0.3) is 0 Å². The van der Waals surface area contributed by atoms with Crippen molar-refractivity contribution in [3.63, 3.8) is 0 Å². The number of hydrogen-bond donors (Lipinski definition) is 1. The van der Waals surface area contributed by atoms with E-state index in [0.29, 0.717) is 24.5 Å². The molecule has 2 N–H and O–H groups in total. The van der Waals surface area contributed by atoms with Gasteiger partial charge in [0.15, 0.2) is 11.0 Å². The lowest BCUT2D eigenvalue weighted by Gasteiger charge is -2.27. The normalized spacial score (nSPS) is 10.4. The molecule has 0 spiro atoms. The topological polar surface area (TPSA) is 93.2 Å². The van der Waals surface area contributed by atoms with Crippen molar-refractivity contribution >= 4 is 51.4 Å². The van der Waals surface area contributed by atoms with Crippen molar-refractivity contribution in [1.29, 1.82) is 0 Å². The molecule has 0 aliphatic heterocycles. The highest BCUT2D eigenvalue weighted by Gasteiger charge is 2.22. The number of hydrogen-bond acceptors (Lipinski definition) is 6. The minimum absolute atomic E-state index is 0.00566. The van der Waals surface area contributed by atoms with Gasteiger partial charge in [0.2, 0.25) is 12.4 Å². The second-order valence-electron chi connectivity index (χ2n) is 7.30. The van der Waals surface area contributed by atoms with Crippen molar-refractivity contribution in [2.45, 2.75) is 47.2 Å². The summed E-state index contributed by atoms with van der Waals surface area (Å²) in [6, 6.07) is 3.99. The van der Waals surface area contributed by atoms with Crippen molar-refractivity contribution in [2.75, 3.05) is 29.1 Å². The fourth-order valence-corrected chi connectivity index (χ4v) is 3.96. The summed E-state index contributed by atoms with van der Waals surface area (Å²) in [6.07, 6.45) is 7.40. The molecule has 0 aliphatic rings. The number of nitrogens with two attached hydrogens (primary N) is 1. The third-order valence-electron chi connectivity index (χ3n) is 5.04. The van der Waals surface area contributed by atoms with Crippen LogP contribution in [0.15, 0.2) is 35.2 Å². The molecule has 33 heavy (non-hydrogen) atoms. The first kappa shape index (κ1) is 26.6. The third kappa shape index (κ3) is 6.68. The van der Waals surface area contributed by atoms with E-state index in [0.717, 1.165) is 34.3 Å². The van der Waals surface area contributed by atoms with E-state index in [4.69, 9.17) is 17.3 Å². The zero-order valence-electron chi connectivity index (χ0n) is 19.7. The van der Waals surface area contributed by atoms with E-state index in [1.165, 1.54) is 4.90 Å². The van der Waals surface area contributed by atoms with E-state index < -0.39 is 0 Å². The molecule has 3 heterocycles. The Morgan fingerprint density at radius 1 is 1.21 bits per heavy atom. The average molecular weight is 537 g/mol. The molecule has 0 saturated heterocycles. The van der Waals surface area contributed by atoms with Crippen molar-refractivity contribution in [3.05, 3.63) is 57.2 Å². The molecule has 0 aliphatic carbocycles. The molecule has 0 atom stereocenters. The fraction of sp³-hybridized carbons (Fsp3) is 0.391. The molecule has 0 fully saturated rings. The van der Waals surface area contributed by atoms with E-state index >= 15 is 0 Å². The molecule has 10 heteroatoms. The van der Waals surface area contributed by atoms with Crippen LogP contribution in [0.4, 0.5) is 17.5 Å². The highest BCUT2D eigenvalue weighted by molar-refractivity contribution is 9.10. The fourth-order valence-electron chi connectivity index (χ4n) is 3.32. The van der Waals surface area contributed by atoms with Gasteiger partial charge in [-0.3, -0.25) is 14.7 Å². The van der Waals surface area contributed by atoms with Gasteiger partial charge in [0.05, 0.1) is 12.2 Å². The molecule has 3 rings (SSSR count). The standard InChI is InChI=1S/C21H25BrClN7O.C2H6/c1-14-11-25-16(15(2)17(14)22)12-30(13-31)20-18(19(23)26-21(24)27-20)28(3)7-6-10-29-8-4-5-9-29;1-2/h4-5,8-9,11,13H,6-7,10,12H2,1-3H3,(H2,24,26,27);1-2H3. The zero-order valence-corrected chi connectivity index (χ0v) is 22.1. The van der Waals surface area contributed by atoms with Gasteiger partial charge in [-0.05, 0) is 43.5 Å². The lowest BCUT2D eigenvalue weighted by molar-refractivity contribution is -0.107. The lowest BCUT2D eigenvalue weighted by atomic mass is 10.1. The summed E-state index contributed by atoms with van der Waals surface area (Å²) < 4.78 is 3.07. The largest absolute Gasteiger partial charge is 0.369 e. The third-order valence-corrected chi connectivity index (χ3v) is 6.52. The van der Waals surface area contributed by atoms with Gasteiger partial charge >= 0.3 is 0 Å². The van der Waals surface area contributed by atoms with Crippen LogP contribution in [0.3, 0.4) is 0 Å². The molecule has 178 valence electrons. The molecule has 0 bridgehead atoms. The van der Waals surface area contributed by atoms with Gasteiger partial charge in [-0.25, -0.2) is 0 Å². The number of aryl methyl sites for hydroxylation is 2. The second kappa shape index (κ2) is 12.6. The molecule has 0 radical (unpaired) electrons. The maximum absolute atomic E-state index is 12.1. The number of halogens is 2. The summed E-state index contributed by atoms with van der Waals surface area (Å²) in [5, 5.41) is 0.201. The smallest absolute Gasteiger partial charge is 0.223 e. The first-order valence-corrected chi connectivity index (χ1v) is 12.0. The number of aromatic nitrogens is 4. The lowest BCUT2D eigenvalue weighted by Crippen LogP contribution is -2.29. The van der Waals surface area contributed by atoms with Crippen LogP contribution in [0.1, 0.15) is 37.1 Å². The average Bonchev–Trinajstić information content (AvgIpc) is 3.31. The molecular formula is C23H31BrClN7O. The van der Waals surface area contributed by atoms with Crippen LogP contribution in [0.2, 0.25) is 5.15 Å². The van der Waals surface area contributed by atoms with Crippen molar-refractivity contribution in [1.82, 2.24) is 19.5 Å². The Bertz CT molecular complexity index is 1060. The van der Waals surface area contributed by atoms with Crippen LogP contribution in [0, 0.1) is 13.8 Å². The van der Waals surface area contributed by atoms with E-state index in [1.54, 1.807) is 6.20 Å². The summed E-state index contributed by atoms with van der Waals surface area (Å²) in [6.45, 7) is 9.70. The molecular weight excluding hydrogens is 506 g/mol. The van der Waals surface area contributed by atoms with Crippen molar-refractivity contribution in [3.8, 4) is 0 Å². The number of nitrogens with zero attached hydrogens (tertiary/aromatic N) is 6. The Labute approximate surface area is 208 Å². The monoisotopic (exact) mass is 535 g/mol. The van der Waals surface area contributed by atoms with E-state index in [1.807, 2.05) is 64.2 Å². The Morgan fingerprint density at radius 3 is 2.52 bits per heavy atom. The summed E-state index contributed by atoms with van der Waals surface area (Å²) >= 11 is 10.0. The van der Waals surface area contributed by atoms with Crippen molar-refractivity contribution < 1.29 is 4.79 Å². The zero-order chi connectivity index (χ0) is 24.5. The second-order valence-corrected chi connectivity index (χ2v) is 8.45. The van der Waals surface area contributed by atoms with Gasteiger partial charge in [-0.1, -0.05) is 41.4 Å². The van der Waals surface area contributed by atoms with Crippen LogP contribution in [-0.4, -0.2) is 39.5 Å². The predicted octanol–water partition coefficient (Wildman–Crippen LogP) is 5.00. The highest BCUT2D eigenvalue weighted by atomic mass is 79.9. The highest BCUT2D eigenvalue weighted by Crippen LogP contribution is 2.34. The molecule has 8 nitrogen and oxygen atoms in total. The molecule has 3 aromatic rings. The van der Waals surface area contributed by atoms with Gasteiger partial charge in [0, 0.05) is 43.2 Å². The Hall–Kier alpha value is -2.65. The first-order valence-electron chi connectivity index (χ1n) is 10.8. The molecule has 0 saturated carbocycles. The maximum Gasteiger partial charge on any atom is 0.223 e. The van der Waals surface area contributed by atoms with Crippen LogP contribution < -0.4 is 15.5 Å². The minimum Gasteiger partial charge on any atom is -0.369 e. The summed E-state index contributed by atoms with van der Waals surface area (Å²) in [5.41, 5.74) is 9.15. The number of nitrogen functional groups attached to an aromatic ring is 1. The number of rotatable bonds is 9. The van der Waals surface area contributed by atoms with Gasteiger partial charge in [-0.2, -0.15) is 9.97 Å². The van der Waals surface area contributed by atoms with Crippen LogP contribution in [-0.2, 0) is 17.9 Å². The minimum atomic E-state index is 0.00566. The van der Waals surface area contributed by atoms with E-state index in [-0.39, 0.29) is 17.6 Å². The summed E-state index contributed by atoms with van der Waals surface area (Å²) in [7, 11) is 1.90. The number of amides is 1. The van der Waals surface area contributed by atoms with Crippen LogP contribution >= 0.6 is 27.5 Å². The number of carbonyl (C=O) groups is 1. The Balaban J connectivity index is 0.00000187. The molecule has 3 aromatic heterocycles. The van der Waals surface area contributed by atoms with Gasteiger partial charge in [-0.15, -0.1) is 0 Å². The number of carbonyl (C=O) groups excluding carboxylic acids is 1. The molecule has 0 aromatic carbocycles. The van der Waals surface area contributed by atoms with E-state index in [9.17, 15) is 4.79 Å². The Kier molecular flexibility index (Phi) is 10.1. The van der Waals surface area contributed by atoms with Gasteiger partial charge in [0.25, 0.3) is 0 Å².